The minimum Gasteiger partial charge on any atom is -0.355 e. The fourth-order valence-electron chi connectivity index (χ4n) is 6.41. The second kappa shape index (κ2) is 5.73. The molecule has 28 heavy (non-hydrogen) atoms. The molecule has 0 bridgehead atoms. The van der Waals surface area contributed by atoms with E-state index in [0.717, 1.165) is 12.8 Å². The molecule has 4 unspecified atom stereocenters. The molecule has 0 saturated heterocycles. The molecule has 0 aliphatic heterocycles. The van der Waals surface area contributed by atoms with Crippen LogP contribution in [0.3, 0.4) is 0 Å². The van der Waals surface area contributed by atoms with E-state index in [1.165, 1.54) is 27.7 Å². The second-order valence-electron chi connectivity index (χ2n) is 9.46. The van der Waals surface area contributed by atoms with Crippen LogP contribution in [-0.2, 0) is 6.42 Å². The third kappa shape index (κ3) is 2.13. The summed E-state index contributed by atoms with van der Waals surface area (Å²) < 4.78 is 0. The first-order valence-corrected chi connectivity index (χ1v) is 10.7. The molecule has 4 aliphatic carbocycles. The molecule has 0 amide bonds. The quantitative estimate of drug-likeness (QED) is 0.577. The van der Waals surface area contributed by atoms with Crippen LogP contribution in [0.15, 0.2) is 72.4 Å². The Kier molecular flexibility index (Phi) is 3.36. The van der Waals surface area contributed by atoms with Crippen molar-refractivity contribution in [2.24, 2.45) is 23.2 Å². The molecule has 1 nitrogen and oxygen atoms in total. The Morgan fingerprint density at radius 3 is 2.79 bits per heavy atom. The molecule has 4 aliphatic rings. The average Bonchev–Trinajstić information content (AvgIpc) is 3.21. The van der Waals surface area contributed by atoms with Gasteiger partial charge in [-0.25, -0.2) is 0 Å². The van der Waals surface area contributed by atoms with E-state index in [1.807, 2.05) is 0 Å². The van der Waals surface area contributed by atoms with Crippen molar-refractivity contribution in [3.63, 3.8) is 0 Å². The molecule has 1 aromatic heterocycles. The maximum absolute atomic E-state index is 3.68. The van der Waals surface area contributed by atoms with Crippen LogP contribution in [0.5, 0.6) is 0 Å². The number of benzene rings is 1. The van der Waals surface area contributed by atoms with Gasteiger partial charge in [0.25, 0.3) is 0 Å². The lowest BCUT2D eigenvalue weighted by Gasteiger charge is -2.37. The molecule has 0 spiro atoms. The number of hydrogen-bond acceptors (Lipinski definition) is 0. The van der Waals surface area contributed by atoms with Gasteiger partial charge in [-0.1, -0.05) is 80.2 Å². The molecular formula is C27H27N. The van der Waals surface area contributed by atoms with E-state index in [-0.39, 0.29) is 5.41 Å². The molecule has 1 heteroatoms. The van der Waals surface area contributed by atoms with Crippen LogP contribution in [0.2, 0.25) is 0 Å². The van der Waals surface area contributed by atoms with Crippen molar-refractivity contribution in [2.75, 3.05) is 0 Å². The SMILES string of the molecule is CC1(C)C2C=CC=CC2C2=CC=CC(c3ccc4c5c([nH]c4c3)C=CCC5)C21. The number of allylic oxidation sites excluding steroid dienone is 9. The van der Waals surface area contributed by atoms with E-state index in [4.69, 9.17) is 0 Å². The van der Waals surface area contributed by atoms with Gasteiger partial charge in [-0.3, -0.25) is 0 Å². The van der Waals surface area contributed by atoms with E-state index in [9.17, 15) is 0 Å². The summed E-state index contributed by atoms with van der Waals surface area (Å²) in [5, 5.41) is 1.41. The average molecular weight is 366 g/mol. The highest BCUT2D eigenvalue weighted by Gasteiger charge is 2.53. The second-order valence-corrected chi connectivity index (χ2v) is 9.46. The highest BCUT2D eigenvalue weighted by molar-refractivity contribution is 5.88. The van der Waals surface area contributed by atoms with E-state index < -0.39 is 0 Å². The Labute approximate surface area is 167 Å². The zero-order chi connectivity index (χ0) is 18.9. The highest BCUT2D eigenvalue weighted by atomic mass is 14.7. The molecule has 1 N–H and O–H groups in total. The first kappa shape index (κ1) is 16.4. The largest absolute Gasteiger partial charge is 0.355 e. The molecule has 1 aromatic carbocycles. The van der Waals surface area contributed by atoms with Crippen molar-refractivity contribution < 1.29 is 0 Å². The summed E-state index contributed by atoms with van der Waals surface area (Å²) >= 11 is 0. The Morgan fingerprint density at radius 2 is 1.86 bits per heavy atom. The van der Waals surface area contributed by atoms with E-state index >= 15 is 0 Å². The van der Waals surface area contributed by atoms with Crippen molar-refractivity contribution in [2.45, 2.75) is 32.6 Å². The summed E-state index contributed by atoms with van der Waals surface area (Å²) in [5.41, 5.74) is 7.41. The number of aromatic nitrogens is 1. The molecule has 6 rings (SSSR count). The van der Waals surface area contributed by atoms with Crippen molar-refractivity contribution in [3.05, 3.63) is 89.2 Å². The first-order chi connectivity index (χ1) is 13.6. The van der Waals surface area contributed by atoms with Gasteiger partial charge >= 0.3 is 0 Å². The predicted octanol–water partition coefficient (Wildman–Crippen LogP) is 6.72. The lowest BCUT2D eigenvalue weighted by molar-refractivity contribution is 0.204. The molecule has 1 heterocycles. The number of hydrogen-bond donors (Lipinski definition) is 1. The number of rotatable bonds is 1. The summed E-state index contributed by atoms with van der Waals surface area (Å²) in [6.45, 7) is 4.95. The monoisotopic (exact) mass is 365 g/mol. The molecule has 1 fully saturated rings. The lowest BCUT2D eigenvalue weighted by Crippen LogP contribution is -2.30. The van der Waals surface area contributed by atoms with Crippen molar-refractivity contribution in [3.8, 4) is 0 Å². The van der Waals surface area contributed by atoms with E-state index in [1.54, 1.807) is 5.57 Å². The molecular weight excluding hydrogens is 338 g/mol. The smallest absolute Gasteiger partial charge is 0.0464 e. The zero-order valence-electron chi connectivity index (χ0n) is 16.7. The minimum atomic E-state index is 0.250. The number of aryl methyl sites for hydroxylation is 1. The standard InChI is InChI=1S/C27H27N/c1-27(2)23-12-5-3-8-19(23)22-11-7-10-18(26(22)27)17-14-15-21-20-9-4-6-13-24(20)28-25(21)16-17/h3,5-8,10-16,18-19,23,26,28H,4,9H2,1-2H3. The van der Waals surface area contributed by atoms with Crippen molar-refractivity contribution in [1.82, 2.24) is 4.98 Å². The number of fused-ring (bicyclic) bond motifs is 6. The number of aromatic amines is 1. The van der Waals surface area contributed by atoms with Crippen LogP contribution in [0, 0.1) is 23.2 Å². The molecule has 1 saturated carbocycles. The normalized spacial score (nSPS) is 31.6. The predicted molar refractivity (Wildman–Crippen MR) is 118 cm³/mol. The van der Waals surface area contributed by atoms with Gasteiger partial charge in [0.05, 0.1) is 0 Å². The number of H-pyrrole nitrogens is 1. The van der Waals surface area contributed by atoms with Gasteiger partial charge in [0, 0.05) is 28.4 Å². The molecule has 4 atom stereocenters. The van der Waals surface area contributed by atoms with E-state index in [0.29, 0.717) is 23.7 Å². The van der Waals surface area contributed by atoms with Gasteiger partial charge in [0.1, 0.15) is 0 Å². The zero-order valence-corrected chi connectivity index (χ0v) is 16.7. The summed E-state index contributed by atoms with van der Waals surface area (Å²) in [6, 6.07) is 7.17. The van der Waals surface area contributed by atoms with Crippen molar-refractivity contribution >= 4 is 17.0 Å². The van der Waals surface area contributed by atoms with Crippen LogP contribution < -0.4 is 0 Å². The van der Waals surface area contributed by atoms with Crippen LogP contribution in [0.1, 0.15) is 43.0 Å². The van der Waals surface area contributed by atoms with Crippen molar-refractivity contribution in [1.29, 1.82) is 0 Å². The molecule has 0 radical (unpaired) electrons. The lowest BCUT2D eigenvalue weighted by atomic mass is 9.66. The molecule has 140 valence electrons. The highest BCUT2D eigenvalue weighted by Crippen LogP contribution is 2.61. The van der Waals surface area contributed by atoms with Crippen LogP contribution >= 0.6 is 0 Å². The van der Waals surface area contributed by atoms with Crippen LogP contribution in [0.4, 0.5) is 0 Å². The maximum Gasteiger partial charge on any atom is 0.0464 e. The van der Waals surface area contributed by atoms with Gasteiger partial charge in [0.2, 0.25) is 0 Å². The topological polar surface area (TPSA) is 15.8 Å². The van der Waals surface area contributed by atoms with Crippen LogP contribution in [-0.4, -0.2) is 4.98 Å². The summed E-state index contributed by atoms with van der Waals surface area (Å²) in [7, 11) is 0. The van der Waals surface area contributed by atoms with E-state index in [2.05, 4.69) is 91.7 Å². The molecule has 2 aromatic rings. The fourth-order valence-corrected chi connectivity index (χ4v) is 6.41. The van der Waals surface area contributed by atoms with Crippen LogP contribution in [0.25, 0.3) is 17.0 Å². The first-order valence-electron chi connectivity index (χ1n) is 10.7. The third-order valence-corrected chi connectivity index (χ3v) is 7.70. The Hall–Kier alpha value is -2.54. The summed E-state index contributed by atoms with van der Waals surface area (Å²) in [4.78, 5) is 3.68. The van der Waals surface area contributed by atoms with Gasteiger partial charge in [-0.05, 0) is 53.4 Å². The summed E-state index contributed by atoms with van der Waals surface area (Å²) in [6.07, 6.45) is 23.3. The van der Waals surface area contributed by atoms with Gasteiger partial charge in [-0.2, -0.15) is 0 Å². The Balaban J connectivity index is 1.46. The third-order valence-electron chi connectivity index (χ3n) is 7.70. The van der Waals surface area contributed by atoms with Gasteiger partial charge in [0.15, 0.2) is 0 Å². The summed E-state index contributed by atoms with van der Waals surface area (Å²) in [5.74, 6) is 2.16. The fraction of sp³-hybridized carbons (Fsp3) is 0.333. The Morgan fingerprint density at radius 1 is 1.00 bits per heavy atom. The number of nitrogens with one attached hydrogen (secondary N) is 1. The maximum atomic E-state index is 3.68. The minimum absolute atomic E-state index is 0.250. The van der Waals surface area contributed by atoms with Gasteiger partial charge < -0.3 is 4.98 Å². The van der Waals surface area contributed by atoms with Gasteiger partial charge in [-0.15, -0.1) is 0 Å². The Bertz CT molecular complexity index is 1110.